The molecule has 0 fully saturated rings. The molecule has 14 heteroatoms. The molecule has 94 heavy (non-hydrogen) atoms. The number of amides is 4. The fourth-order valence-corrected chi connectivity index (χ4v) is 13.9. The standard InChI is InChI=1S/C80H120N4O9S/c1-3-5-7-9-11-13-15-17-19-21-23-25-29-33-37-44-57-84(58-45-38-34-30-26-24-22-20-18-16-14-12-10-8-6-4-2)75(88)54-59-94-77(64-46-40-39-41-47-64)79(90)83-63-74(87)81-55-42-35-31-27-28-32-36-43-56-82-78(89)65-48-51-68(71(60-65)80(91)92)76-69-52-49-66(85)61-72(69)93-73-62-67(86)50-53-70(73)76/h39-41,46-53,60-62,77,85H,3-38,42-45,54-59,63H2,1-2H3,(H,81,87)(H,82,89)(H,83,90)(H,91,92). The van der Waals surface area contributed by atoms with E-state index in [9.17, 15) is 39.0 Å². The van der Waals surface area contributed by atoms with Gasteiger partial charge in [0.2, 0.25) is 17.7 Å². The summed E-state index contributed by atoms with van der Waals surface area (Å²) in [5, 5.41) is 29.3. The number of aromatic carboxylic acids is 1. The monoisotopic (exact) mass is 1310 g/mol. The van der Waals surface area contributed by atoms with Crippen molar-refractivity contribution >= 4 is 52.3 Å². The van der Waals surface area contributed by atoms with E-state index in [2.05, 4.69) is 34.7 Å². The van der Waals surface area contributed by atoms with E-state index in [0.717, 1.165) is 95.7 Å². The Kier molecular flexibility index (Phi) is 41.3. The summed E-state index contributed by atoms with van der Waals surface area (Å²) in [5.74, 6) is -1.13. The lowest BCUT2D eigenvalue weighted by molar-refractivity contribution is -0.131. The van der Waals surface area contributed by atoms with Crippen molar-refractivity contribution in [2.75, 3.05) is 38.5 Å². The smallest absolute Gasteiger partial charge is 0.336 e. The molecule has 2 aliphatic rings. The first-order chi connectivity index (χ1) is 46.0. The van der Waals surface area contributed by atoms with Crippen LogP contribution >= 0.6 is 11.8 Å². The van der Waals surface area contributed by atoms with Crippen molar-refractivity contribution in [3.8, 4) is 28.2 Å². The molecule has 3 aromatic carbocycles. The number of rotatable bonds is 56. The summed E-state index contributed by atoms with van der Waals surface area (Å²) in [6.45, 7) is 7.05. The van der Waals surface area contributed by atoms with Gasteiger partial charge in [0, 0.05) is 72.6 Å². The van der Waals surface area contributed by atoms with Crippen LogP contribution in [0.4, 0.5) is 0 Å². The molecule has 520 valence electrons. The highest BCUT2D eigenvalue weighted by Crippen LogP contribution is 2.42. The predicted octanol–water partition coefficient (Wildman–Crippen LogP) is 20.3. The van der Waals surface area contributed by atoms with Gasteiger partial charge in [-0.15, -0.1) is 11.8 Å². The van der Waals surface area contributed by atoms with Crippen LogP contribution in [-0.2, 0) is 14.4 Å². The largest absolute Gasteiger partial charge is 0.508 e. The first-order valence-corrected chi connectivity index (χ1v) is 38.4. The van der Waals surface area contributed by atoms with Crippen molar-refractivity contribution in [2.24, 2.45) is 0 Å². The summed E-state index contributed by atoms with van der Waals surface area (Å²) in [7, 11) is 0. The average Bonchev–Trinajstić information content (AvgIpc) is 0.751. The van der Waals surface area contributed by atoms with Crippen LogP contribution in [-0.4, -0.2) is 83.2 Å². The molecule has 1 unspecified atom stereocenters. The summed E-state index contributed by atoms with van der Waals surface area (Å²) in [6.07, 6.45) is 50.5. The molecule has 5 N–H and O–H groups in total. The molecule has 1 aliphatic heterocycles. The fourth-order valence-electron chi connectivity index (χ4n) is 12.8. The van der Waals surface area contributed by atoms with E-state index in [0.29, 0.717) is 47.3 Å². The van der Waals surface area contributed by atoms with Crippen LogP contribution in [0.3, 0.4) is 0 Å². The highest BCUT2D eigenvalue weighted by atomic mass is 32.2. The minimum atomic E-state index is -1.22. The van der Waals surface area contributed by atoms with E-state index in [-0.39, 0.29) is 63.8 Å². The molecular weight excluding hydrogens is 1190 g/mol. The van der Waals surface area contributed by atoms with E-state index in [1.165, 1.54) is 222 Å². The normalized spacial score (nSPS) is 11.7. The maximum atomic E-state index is 14.0. The number of fused-ring (bicyclic) bond motifs is 2. The van der Waals surface area contributed by atoms with Crippen LogP contribution in [0.5, 0.6) is 5.75 Å². The number of nitrogens with one attached hydrogen (secondary N) is 3. The van der Waals surface area contributed by atoms with Crippen molar-refractivity contribution in [1.82, 2.24) is 20.9 Å². The Bertz CT molecular complexity index is 2890. The summed E-state index contributed by atoms with van der Waals surface area (Å²) >= 11 is 1.48. The predicted molar refractivity (Wildman–Crippen MR) is 390 cm³/mol. The zero-order valence-corrected chi connectivity index (χ0v) is 58.8. The third-order valence-electron chi connectivity index (χ3n) is 18.4. The van der Waals surface area contributed by atoms with Crippen molar-refractivity contribution in [3.05, 3.63) is 112 Å². The lowest BCUT2D eigenvalue weighted by Crippen LogP contribution is -2.39. The Morgan fingerprint density at radius 2 is 0.968 bits per heavy atom. The average molecular weight is 1310 g/mol. The van der Waals surface area contributed by atoms with E-state index in [1.54, 1.807) is 24.3 Å². The molecule has 0 bridgehead atoms. The van der Waals surface area contributed by atoms with Gasteiger partial charge in [0.15, 0.2) is 5.43 Å². The van der Waals surface area contributed by atoms with Crippen LogP contribution in [0, 0.1) is 0 Å². The molecule has 4 amide bonds. The van der Waals surface area contributed by atoms with Crippen molar-refractivity contribution in [1.29, 1.82) is 0 Å². The summed E-state index contributed by atoms with van der Waals surface area (Å²) < 4.78 is 5.93. The minimum Gasteiger partial charge on any atom is -0.508 e. The maximum Gasteiger partial charge on any atom is 0.336 e. The molecule has 0 saturated heterocycles. The van der Waals surface area contributed by atoms with Crippen LogP contribution in [0.2, 0.25) is 0 Å². The molecule has 1 heterocycles. The Hall–Kier alpha value is -6.15. The van der Waals surface area contributed by atoms with Crippen molar-refractivity contribution in [3.63, 3.8) is 0 Å². The van der Waals surface area contributed by atoms with Crippen molar-refractivity contribution in [2.45, 2.75) is 282 Å². The second-order valence-corrected chi connectivity index (χ2v) is 27.6. The number of phenolic OH excluding ortho intramolecular Hbond substituents is 1. The molecule has 1 aliphatic carbocycles. The molecule has 13 nitrogen and oxygen atoms in total. The molecular formula is C80H120N4O9S. The van der Waals surface area contributed by atoms with Gasteiger partial charge in [-0.2, -0.15) is 0 Å². The van der Waals surface area contributed by atoms with Gasteiger partial charge >= 0.3 is 5.97 Å². The summed E-state index contributed by atoms with van der Waals surface area (Å²) in [5.41, 5.74) is 2.39. The number of carbonyl (C=O) groups is 5. The third-order valence-corrected chi connectivity index (χ3v) is 19.7. The molecule has 3 aromatic rings. The number of carboxylic acid groups (broad SMARTS) is 1. The summed E-state index contributed by atoms with van der Waals surface area (Å²) in [6, 6.07) is 23.1. The van der Waals surface area contributed by atoms with Gasteiger partial charge in [-0.3, -0.25) is 24.0 Å². The van der Waals surface area contributed by atoms with Crippen LogP contribution in [0.1, 0.15) is 309 Å². The maximum absolute atomic E-state index is 14.0. The van der Waals surface area contributed by atoms with Crippen LogP contribution in [0.15, 0.2) is 94.1 Å². The molecule has 1 atom stereocenters. The Morgan fingerprint density at radius 1 is 0.500 bits per heavy atom. The van der Waals surface area contributed by atoms with Gasteiger partial charge in [-0.1, -0.05) is 281 Å². The molecule has 5 rings (SSSR count). The molecule has 0 radical (unpaired) electrons. The number of phenols is 1. The number of thioether (sulfide) groups is 1. The molecule has 0 spiro atoms. The van der Waals surface area contributed by atoms with Gasteiger partial charge < -0.3 is 35.5 Å². The minimum absolute atomic E-state index is 0.0432. The lowest BCUT2D eigenvalue weighted by Gasteiger charge is -2.23. The van der Waals surface area contributed by atoms with Gasteiger partial charge in [-0.25, -0.2) is 4.79 Å². The molecule has 0 saturated carbocycles. The lowest BCUT2D eigenvalue weighted by atomic mass is 9.90. The summed E-state index contributed by atoms with van der Waals surface area (Å²) in [4.78, 5) is 80.8. The number of aromatic hydroxyl groups is 1. The topological polar surface area (TPSA) is 195 Å². The number of carbonyl (C=O) groups excluding carboxylic acids is 4. The third kappa shape index (κ3) is 32.1. The van der Waals surface area contributed by atoms with Gasteiger partial charge in [0.1, 0.15) is 22.3 Å². The second kappa shape index (κ2) is 49.4. The number of carboxylic acids is 1. The first-order valence-electron chi connectivity index (χ1n) is 37.3. The number of hydrogen-bond acceptors (Lipinski definition) is 9. The van der Waals surface area contributed by atoms with Crippen LogP contribution in [0.25, 0.3) is 33.4 Å². The molecule has 0 aromatic heterocycles. The van der Waals surface area contributed by atoms with E-state index in [4.69, 9.17) is 4.42 Å². The highest BCUT2D eigenvalue weighted by molar-refractivity contribution is 8.00. The van der Waals surface area contributed by atoms with Gasteiger partial charge in [0.05, 0.1) is 12.1 Å². The van der Waals surface area contributed by atoms with Gasteiger partial charge in [-0.05, 0) is 73.2 Å². The zero-order valence-electron chi connectivity index (χ0n) is 58.0. The van der Waals surface area contributed by atoms with E-state index < -0.39 is 11.2 Å². The Labute approximate surface area is 569 Å². The fraction of sp³-hybridized carbons (Fsp3) is 0.625. The van der Waals surface area contributed by atoms with Gasteiger partial charge in [0.25, 0.3) is 5.91 Å². The quantitative estimate of drug-likeness (QED) is 0.0185. The van der Waals surface area contributed by atoms with Crippen molar-refractivity contribution < 1.29 is 38.6 Å². The second-order valence-electron chi connectivity index (χ2n) is 26.4. The number of benzene rings is 4. The number of hydrogen-bond donors (Lipinski definition) is 5. The Morgan fingerprint density at radius 3 is 1.47 bits per heavy atom. The van der Waals surface area contributed by atoms with E-state index in [1.807, 2.05) is 30.3 Å². The Balaban J connectivity index is 0.944. The number of unbranched alkanes of at least 4 members (excludes halogenated alkanes) is 37. The van der Waals surface area contributed by atoms with E-state index >= 15 is 0 Å². The highest BCUT2D eigenvalue weighted by Gasteiger charge is 2.25. The first kappa shape index (κ1) is 78.5. The zero-order chi connectivity index (χ0) is 67.1. The SMILES string of the molecule is CCCCCCCCCCCCCCCCCCN(CCCCCCCCCCCCCCCCCC)C(=O)CCSC(C(=O)NCC(=O)NCCCCCCCCCCNC(=O)c1ccc(-c2c3ccc(=O)cc-3oc3cc(O)ccc23)c(C(=O)O)c1)c1ccccc1. The number of nitrogens with zero attached hydrogens (tertiary/aromatic N) is 1. The van der Waals surface area contributed by atoms with Crippen LogP contribution < -0.4 is 21.4 Å².